The lowest BCUT2D eigenvalue weighted by atomic mass is 10.1. The largest absolute Gasteiger partial charge is 0.465 e. The predicted molar refractivity (Wildman–Crippen MR) is 96.2 cm³/mol. The molecule has 0 aliphatic carbocycles. The molecule has 1 aliphatic heterocycles. The third-order valence-corrected chi connectivity index (χ3v) is 3.91. The Labute approximate surface area is 153 Å². The number of methoxy groups -OCH3 is 1. The van der Waals surface area contributed by atoms with Crippen molar-refractivity contribution in [1.29, 1.82) is 0 Å². The highest BCUT2D eigenvalue weighted by Gasteiger charge is 2.25. The number of carbonyl (C=O) groups excluding carboxylic acids is 2. The third kappa shape index (κ3) is 3.74. The van der Waals surface area contributed by atoms with Crippen molar-refractivity contribution in [1.82, 2.24) is 0 Å². The van der Waals surface area contributed by atoms with Crippen molar-refractivity contribution in [2.75, 3.05) is 7.11 Å². The van der Waals surface area contributed by atoms with Crippen LogP contribution in [0.1, 0.15) is 27.0 Å². The number of nitro benzene ring substituents is 1. The van der Waals surface area contributed by atoms with Gasteiger partial charge in [0.2, 0.25) is 5.90 Å². The molecule has 3 rings (SSSR count). The van der Waals surface area contributed by atoms with Gasteiger partial charge in [0, 0.05) is 17.2 Å². The first kappa shape index (κ1) is 18.0. The van der Waals surface area contributed by atoms with Crippen molar-refractivity contribution < 1.29 is 24.0 Å². The Kier molecular flexibility index (Phi) is 4.80. The number of aryl methyl sites for hydroxylation is 1. The van der Waals surface area contributed by atoms with E-state index < -0.39 is 16.9 Å². The molecule has 1 aliphatic rings. The van der Waals surface area contributed by atoms with Gasteiger partial charge in [-0.15, -0.1) is 0 Å². The minimum absolute atomic E-state index is 0.000492. The van der Waals surface area contributed by atoms with Gasteiger partial charge in [-0.05, 0) is 36.8 Å². The molecular weight excluding hydrogens is 352 g/mol. The molecule has 2 aromatic carbocycles. The van der Waals surface area contributed by atoms with E-state index in [2.05, 4.69) is 9.73 Å². The number of aliphatic imine (C=N–C) groups is 1. The number of rotatable bonds is 4. The lowest BCUT2D eigenvalue weighted by Crippen LogP contribution is -2.06. The molecule has 0 saturated carbocycles. The summed E-state index contributed by atoms with van der Waals surface area (Å²) in [6.45, 7) is 1.62. The van der Waals surface area contributed by atoms with E-state index in [1.54, 1.807) is 43.3 Å². The van der Waals surface area contributed by atoms with E-state index in [4.69, 9.17) is 4.74 Å². The molecule has 136 valence electrons. The zero-order chi connectivity index (χ0) is 19.6. The van der Waals surface area contributed by atoms with Crippen LogP contribution in [0.2, 0.25) is 0 Å². The summed E-state index contributed by atoms with van der Waals surface area (Å²) in [6, 6.07) is 10.9. The zero-order valence-corrected chi connectivity index (χ0v) is 14.5. The monoisotopic (exact) mass is 366 g/mol. The van der Waals surface area contributed by atoms with Gasteiger partial charge in [-0.2, -0.15) is 0 Å². The van der Waals surface area contributed by atoms with Gasteiger partial charge in [0.25, 0.3) is 5.69 Å². The molecule has 0 unspecified atom stereocenters. The number of ether oxygens (including phenoxy) is 2. The molecule has 1 heterocycles. The lowest BCUT2D eigenvalue weighted by molar-refractivity contribution is -0.385. The number of cyclic esters (lactones) is 1. The molecule has 8 nitrogen and oxygen atoms in total. The maximum atomic E-state index is 12.1. The number of carbonyl (C=O) groups is 2. The molecule has 0 radical (unpaired) electrons. The number of hydrogen-bond acceptors (Lipinski definition) is 7. The van der Waals surface area contributed by atoms with Crippen molar-refractivity contribution in [2.45, 2.75) is 6.92 Å². The number of hydrogen-bond donors (Lipinski definition) is 0. The predicted octanol–water partition coefficient (Wildman–Crippen LogP) is 3.03. The fraction of sp³-hybridized carbons (Fsp3) is 0.105. The van der Waals surface area contributed by atoms with E-state index >= 15 is 0 Å². The number of esters is 2. The Hall–Kier alpha value is -3.81. The first-order valence-electron chi connectivity index (χ1n) is 7.85. The average Bonchev–Trinajstić information content (AvgIpc) is 3.02. The van der Waals surface area contributed by atoms with Gasteiger partial charge < -0.3 is 9.47 Å². The first-order valence-corrected chi connectivity index (χ1v) is 7.85. The van der Waals surface area contributed by atoms with E-state index in [9.17, 15) is 19.7 Å². The van der Waals surface area contributed by atoms with Crippen LogP contribution < -0.4 is 0 Å². The van der Waals surface area contributed by atoms with Crippen LogP contribution in [0, 0.1) is 17.0 Å². The third-order valence-electron chi connectivity index (χ3n) is 3.91. The second kappa shape index (κ2) is 7.20. The average molecular weight is 366 g/mol. The van der Waals surface area contributed by atoms with Crippen LogP contribution in [0.4, 0.5) is 5.69 Å². The number of nitro groups is 1. The van der Waals surface area contributed by atoms with Gasteiger partial charge in [-0.1, -0.05) is 18.2 Å². The van der Waals surface area contributed by atoms with E-state index in [1.807, 2.05) is 0 Å². The highest BCUT2D eigenvalue weighted by Crippen LogP contribution is 2.24. The molecule has 0 spiro atoms. The van der Waals surface area contributed by atoms with E-state index in [-0.39, 0.29) is 17.3 Å². The van der Waals surface area contributed by atoms with Crippen LogP contribution in [-0.4, -0.2) is 29.9 Å². The fourth-order valence-electron chi connectivity index (χ4n) is 2.46. The minimum Gasteiger partial charge on any atom is -0.465 e. The maximum absolute atomic E-state index is 12.1. The normalized spacial score (nSPS) is 14.7. The fourth-order valence-corrected chi connectivity index (χ4v) is 2.46. The topological polar surface area (TPSA) is 108 Å². The second-order valence-electron chi connectivity index (χ2n) is 5.71. The smallest absolute Gasteiger partial charge is 0.363 e. The molecule has 0 fully saturated rings. The summed E-state index contributed by atoms with van der Waals surface area (Å²) in [5, 5.41) is 11.1. The van der Waals surface area contributed by atoms with Gasteiger partial charge in [-0.25, -0.2) is 14.6 Å². The van der Waals surface area contributed by atoms with Crippen LogP contribution in [0.5, 0.6) is 0 Å². The van der Waals surface area contributed by atoms with Crippen LogP contribution in [0.25, 0.3) is 6.08 Å². The molecule has 8 heteroatoms. The molecule has 0 amide bonds. The van der Waals surface area contributed by atoms with Gasteiger partial charge in [-0.3, -0.25) is 10.1 Å². The highest BCUT2D eigenvalue weighted by atomic mass is 16.6. The molecule has 0 aromatic heterocycles. The van der Waals surface area contributed by atoms with E-state index in [1.165, 1.54) is 19.3 Å². The Morgan fingerprint density at radius 2 is 1.93 bits per heavy atom. The van der Waals surface area contributed by atoms with Gasteiger partial charge >= 0.3 is 11.9 Å². The summed E-state index contributed by atoms with van der Waals surface area (Å²) in [4.78, 5) is 38.2. The second-order valence-corrected chi connectivity index (χ2v) is 5.71. The van der Waals surface area contributed by atoms with Crippen molar-refractivity contribution in [2.24, 2.45) is 4.99 Å². The summed E-state index contributed by atoms with van der Waals surface area (Å²) in [7, 11) is 1.29. The molecule has 0 saturated heterocycles. The summed E-state index contributed by atoms with van der Waals surface area (Å²) in [6.07, 6.45) is 1.50. The Balaban J connectivity index is 1.90. The van der Waals surface area contributed by atoms with Gasteiger partial charge in [0.1, 0.15) is 0 Å². The number of benzene rings is 2. The van der Waals surface area contributed by atoms with Crippen LogP contribution >= 0.6 is 0 Å². The number of nitrogens with zero attached hydrogens (tertiary/aromatic N) is 2. The van der Waals surface area contributed by atoms with Gasteiger partial charge in [0.05, 0.1) is 17.6 Å². The van der Waals surface area contributed by atoms with E-state index in [0.717, 1.165) is 0 Å². The Bertz CT molecular complexity index is 1010. The minimum atomic E-state index is -0.662. The van der Waals surface area contributed by atoms with Crippen LogP contribution in [0.15, 0.2) is 53.2 Å². The SMILES string of the molecule is COC(=O)c1ccc(/C=C2\N=C(c3ccc(C)c([N+](=O)[O-])c3)OC2=O)cc1. The summed E-state index contributed by atoms with van der Waals surface area (Å²) in [5.74, 6) is -1.12. The van der Waals surface area contributed by atoms with Gasteiger partial charge in [0.15, 0.2) is 5.70 Å². The summed E-state index contributed by atoms with van der Waals surface area (Å²) >= 11 is 0. The quantitative estimate of drug-likeness (QED) is 0.356. The van der Waals surface area contributed by atoms with Crippen molar-refractivity contribution in [3.63, 3.8) is 0 Å². The zero-order valence-electron chi connectivity index (χ0n) is 14.5. The van der Waals surface area contributed by atoms with Crippen molar-refractivity contribution >= 4 is 29.6 Å². The highest BCUT2D eigenvalue weighted by molar-refractivity contribution is 6.13. The Morgan fingerprint density at radius 1 is 1.22 bits per heavy atom. The molecule has 0 atom stereocenters. The summed E-state index contributed by atoms with van der Waals surface area (Å²) < 4.78 is 9.76. The first-order chi connectivity index (χ1) is 12.9. The molecule has 2 aromatic rings. The van der Waals surface area contributed by atoms with Crippen LogP contribution in [0.3, 0.4) is 0 Å². The lowest BCUT2D eigenvalue weighted by Gasteiger charge is -2.01. The Morgan fingerprint density at radius 3 is 2.56 bits per heavy atom. The van der Waals surface area contributed by atoms with Crippen molar-refractivity contribution in [3.05, 3.63) is 80.5 Å². The molecule has 0 N–H and O–H groups in total. The molecule has 27 heavy (non-hydrogen) atoms. The molecule has 0 bridgehead atoms. The van der Waals surface area contributed by atoms with Crippen molar-refractivity contribution in [3.8, 4) is 0 Å². The maximum Gasteiger partial charge on any atom is 0.363 e. The van der Waals surface area contributed by atoms with E-state index in [0.29, 0.717) is 22.3 Å². The molecular formula is C19H14N2O6. The standard InChI is InChI=1S/C19H14N2O6/c1-11-3-6-14(10-16(11)21(24)25)17-20-15(19(23)27-17)9-12-4-7-13(8-5-12)18(22)26-2/h3-10H,1-2H3/b15-9-. The summed E-state index contributed by atoms with van der Waals surface area (Å²) in [5.41, 5.74) is 1.82. The van der Waals surface area contributed by atoms with Crippen LogP contribution in [-0.2, 0) is 14.3 Å².